The molecule has 0 spiro atoms. The lowest BCUT2D eigenvalue weighted by Gasteiger charge is -2.31. The van der Waals surface area contributed by atoms with Crippen molar-refractivity contribution in [3.8, 4) is 0 Å². The van der Waals surface area contributed by atoms with Gasteiger partial charge in [-0.15, -0.1) is 0 Å². The fourth-order valence-electron chi connectivity index (χ4n) is 1.65. The molecule has 2 amide bonds. The Hall–Kier alpha value is -2.04. The fraction of sp³-hybridized carbons (Fsp3) is 0.467. The van der Waals surface area contributed by atoms with Crippen molar-refractivity contribution < 1.29 is 14.7 Å². The number of carbonyl (C=O) groups excluding carboxylic acids is 1. The third-order valence-electron chi connectivity index (χ3n) is 3.41. The lowest BCUT2D eigenvalue weighted by molar-refractivity contribution is -0.146. The molecule has 0 aliphatic heterocycles. The highest BCUT2D eigenvalue weighted by Gasteiger charge is 2.35. The molecule has 0 bridgehead atoms. The lowest BCUT2D eigenvalue weighted by Crippen LogP contribution is -2.52. The molecule has 2 N–H and O–H groups in total. The van der Waals surface area contributed by atoms with Crippen LogP contribution in [0.3, 0.4) is 0 Å². The Labute approximate surface area is 119 Å². The molecule has 0 heterocycles. The van der Waals surface area contributed by atoms with Gasteiger partial charge < -0.3 is 15.3 Å². The Balaban J connectivity index is 2.73. The number of likely N-dealkylation sites (N-methyl/N-ethyl adjacent to an activating group) is 1. The van der Waals surface area contributed by atoms with Crippen molar-refractivity contribution in [1.29, 1.82) is 0 Å². The molecule has 1 aromatic rings. The number of hydrogen-bond acceptors (Lipinski definition) is 2. The van der Waals surface area contributed by atoms with Gasteiger partial charge in [0.05, 0.1) is 0 Å². The maximum absolute atomic E-state index is 12.0. The summed E-state index contributed by atoms with van der Waals surface area (Å²) in [5, 5.41) is 11.8. The van der Waals surface area contributed by atoms with Crippen LogP contribution < -0.4 is 5.32 Å². The second-order valence-corrected chi connectivity index (χ2v) is 5.30. The first-order valence-corrected chi connectivity index (χ1v) is 6.66. The van der Waals surface area contributed by atoms with Gasteiger partial charge in [0.15, 0.2) is 0 Å². The molecule has 5 nitrogen and oxygen atoms in total. The summed E-state index contributed by atoms with van der Waals surface area (Å²) in [6.07, 6.45) is 2.07. The Bertz CT molecular complexity index is 480. The normalized spacial score (nSPS) is 11.0. The van der Waals surface area contributed by atoms with E-state index in [1.807, 2.05) is 24.3 Å². The van der Waals surface area contributed by atoms with E-state index in [1.165, 1.54) is 31.4 Å². The van der Waals surface area contributed by atoms with Crippen LogP contribution in [0.15, 0.2) is 24.3 Å². The summed E-state index contributed by atoms with van der Waals surface area (Å²) in [6, 6.07) is 7.12. The van der Waals surface area contributed by atoms with E-state index in [2.05, 4.69) is 12.2 Å². The number of nitrogens with one attached hydrogen (secondary N) is 1. The number of carbonyl (C=O) groups is 2. The maximum atomic E-state index is 12.0. The lowest BCUT2D eigenvalue weighted by atomic mass is 10.0. The van der Waals surface area contributed by atoms with E-state index in [-0.39, 0.29) is 0 Å². The summed E-state index contributed by atoms with van der Waals surface area (Å²) >= 11 is 0. The third kappa shape index (κ3) is 3.73. The molecule has 110 valence electrons. The van der Waals surface area contributed by atoms with E-state index in [4.69, 9.17) is 5.11 Å². The number of anilines is 1. The predicted octanol–water partition coefficient (Wildman–Crippen LogP) is 2.97. The van der Waals surface area contributed by atoms with Crippen molar-refractivity contribution in [3.05, 3.63) is 29.8 Å². The van der Waals surface area contributed by atoms with Crippen molar-refractivity contribution >= 4 is 17.7 Å². The second kappa shape index (κ2) is 6.41. The molecule has 0 aliphatic carbocycles. The van der Waals surface area contributed by atoms with E-state index < -0.39 is 17.5 Å². The number of benzene rings is 1. The average molecular weight is 278 g/mol. The van der Waals surface area contributed by atoms with Gasteiger partial charge in [0.1, 0.15) is 5.54 Å². The third-order valence-corrected chi connectivity index (χ3v) is 3.41. The number of nitrogens with zero attached hydrogens (tertiary/aromatic N) is 1. The van der Waals surface area contributed by atoms with Crippen molar-refractivity contribution in [2.75, 3.05) is 12.4 Å². The van der Waals surface area contributed by atoms with Gasteiger partial charge in [0.25, 0.3) is 0 Å². The number of rotatable bonds is 5. The molecule has 0 saturated heterocycles. The number of aliphatic carboxylic acids is 1. The summed E-state index contributed by atoms with van der Waals surface area (Å²) in [5.41, 5.74) is 0.610. The molecule has 0 aromatic heterocycles. The first-order valence-electron chi connectivity index (χ1n) is 6.66. The number of carboxylic acids is 1. The number of urea groups is 1. The molecular weight excluding hydrogens is 256 g/mol. The number of amides is 2. The van der Waals surface area contributed by atoms with E-state index in [1.54, 1.807) is 0 Å². The Morgan fingerprint density at radius 1 is 1.25 bits per heavy atom. The molecule has 0 saturated carbocycles. The first-order chi connectivity index (χ1) is 9.28. The second-order valence-electron chi connectivity index (χ2n) is 5.30. The summed E-state index contributed by atoms with van der Waals surface area (Å²) < 4.78 is 0. The van der Waals surface area contributed by atoms with Crippen LogP contribution in [0.5, 0.6) is 0 Å². The molecule has 0 unspecified atom stereocenters. The number of hydrogen-bond donors (Lipinski definition) is 2. The Morgan fingerprint density at radius 3 is 2.25 bits per heavy atom. The molecule has 0 fully saturated rings. The van der Waals surface area contributed by atoms with Crippen LogP contribution in [0, 0.1) is 0 Å². The molecule has 5 heteroatoms. The van der Waals surface area contributed by atoms with Crippen LogP contribution in [0.2, 0.25) is 0 Å². The van der Waals surface area contributed by atoms with Gasteiger partial charge in [-0.05, 0) is 38.0 Å². The van der Waals surface area contributed by atoms with Crippen LogP contribution in [0.25, 0.3) is 0 Å². The summed E-state index contributed by atoms with van der Waals surface area (Å²) in [6.45, 7) is 5.08. The van der Waals surface area contributed by atoms with Crippen molar-refractivity contribution in [1.82, 2.24) is 4.90 Å². The van der Waals surface area contributed by atoms with Crippen LogP contribution >= 0.6 is 0 Å². The Kier molecular flexibility index (Phi) is 5.13. The molecule has 0 atom stereocenters. The predicted molar refractivity (Wildman–Crippen MR) is 78.9 cm³/mol. The smallest absolute Gasteiger partial charge is 0.329 e. The zero-order valence-electron chi connectivity index (χ0n) is 12.4. The van der Waals surface area contributed by atoms with Crippen LogP contribution in [0.4, 0.5) is 10.5 Å². The van der Waals surface area contributed by atoms with Crippen molar-refractivity contribution in [2.24, 2.45) is 0 Å². The fourth-order valence-corrected chi connectivity index (χ4v) is 1.65. The minimum absolute atomic E-state index is 0.444. The van der Waals surface area contributed by atoms with Crippen molar-refractivity contribution in [2.45, 2.75) is 39.2 Å². The monoisotopic (exact) mass is 278 g/mol. The maximum Gasteiger partial charge on any atom is 0.329 e. The van der Waals surface area contributed by atoms with E-state index in [0.29, 0.717) is 5.69 Å². The molecule has 0 radical (unpaired) electrons. The summed E-state index contributed by atoms with van der Waals surface area (Å²) in [7, 11) is 1.47. The first kappa shape index (κ1) is 16.0. The average Bonchev–Trinajstić information content (AvgIpc) is 2.40. The standard InChI is InChI=1S/C15H22N2O3/c1-5-6-11-7-9-12(10-8-11)16-14(20)17(4)15(2,3)13(18)19/h7-10H,5-6H2,1-4H3,(H,16,20)(H,18,19). The van der Waals surface area contributed by atoms with Crippen molar-refractivity contribution in [3.63, 3.8) is 0 Å². The van der Waals surface area contributed by atoms with Gasteiger partial charge in [0.2, 0.25) is 0 Å². The van der Waals surface area contributed by atoms with Gasteiger partial charge in [-0.2, -0.15) is 0 Å². The van der Waals surface area contributed by atoms with E-state index in [9.17, 15) is 9.59 Å². The minimum Gasteiger partial charge on any atom is -0.480 e. The quantitative estimate of drug-likeness (QED) is 0.870. The van der Waals surface area contributed by atoms with Gasteiger partial charge in [-0.25, -0.2) is 9.59 Å². The Morgan fingerprint density at radius 2 is 1.80 bits per heavy atom. The van der Waals surface area contributed by atoms with Gasteiger partial charge in [0, 0.05) is 12.7 Å². The highest BCUT2D eigenvalue weighted by Crippen LogP contribution is 2.16. The SMILES string of the molecule is CCCc1ccc(NC(=O)N(C)C(C)(C)C(=O)O)cc1. The minimum atomic E-state index is -1.26. The molecule has 20 heavy (non-hydrogen) atoms. The van der Waals surface area contributed by atoms with Gasteiger partial charge in [-0.1, -0.05) is 25.5 Å². The summed E-state index contributed by atoms with van der Waals surface area (Å²) in [4.78, 5) is 24.3. The van der Waals surface area contributed by atoms with Gasteiger partial charge in [-0.3, -0.25) is 0 Å². The molecule has 0 aliphatic rings. The number of aryl methyl sites for hydroxylation is 1. The van der Waals surface area contributed by atoms with Crippen LogP contribution in [-0.2, 0) is 11.2 Å². The molecule has 1 rings (SSSR count). The zero-order chi connectivity index (χ0) is 15.3. The topological polar surface area (TPSA) is 69.6 Å². The van der Waals surface area contributed by atoms with E-state index >= 15 is 0 Å². The molecule has 1 aromatic carbocycles. The largest absolute Gasteiger partial charge is 0.480 e. The van der Waals surface area contributed by atoms with Gasteiger partial charge >= 0.3 is 12.0 Å². The van der Waals surface area contributed by atoms with Crippen LogP contribution in [-0.4, -0.2) is 34.6 Å². The number of carboxylic acid groups (broad SMARTS) is 1. The van der Waals surface area contributed by atoms with Crippen LogP contribution in [0.1, 0.15) is 32.8 Å². The molecular formula is C15H22N2O3. The van der Waals surface area contributed by atoms with E-state index in [0.717, 1.165) is 12.8 Å². The zero-order valence-corrected chi connectivity index (χ0v) is 12.4. The highest BCUT2D eigenvalue weighted by atomic mass is 16.4. The highest BCUT2D eigenvalue weighted by molar-refractivity contribution is 5.93. The summed E-state index contributed by atoms with van der Waals surface area (Å²) in [5.74, 6) is -1.05.